The van der Waals surface area contributed by atoms with Crippen LogP contribution in [0, 0.1) is 0 Å². The first kappa shape index (κ1) is 20.4. The molecule has 0 bridgehead atoms. The molecule has 4 rings (SSSR count). The number of nitrogens with zero attached hydrogens (tertiary/aromatic N) is 4. The van der Waals surface area contributed by atoms with Gasteiger partial charge in [0.1, 0.15) is 30.4 Å². The van der Waals surface area contributed by atoms with Crippen LogP contribution in [0.2, 0.25) is 0 Å². The van der Waals surface area contributed by atoms with E-state index >= 15 is 0 Å². The molecule has 11 nitrogen and oxygen atoms in total. The summed E-state index contributed by atoms with van der Waals surface area (Å²) in [5.41, 5.74) is 1.27. The zero-order valence-electron chi connectivity index (χ0n) is 16.1. The summed E-state index contributed by atoms with van der Waals surface area (Å²) in [6.45, 7) is 1.32. The molecule has 0 spiro atoms. The van der Waals surface area contributed by atoms with Crippen molar-refractivity contribution in [3.05, 3.63) is 42.5 Å². The number of aliphatic hydroxyl groups is 4. The molecule has 0 radical (unpaired) electrons. The van der Waals surface area contributed by atoms with E-state index in [0.29, 0.717) is 22.5 Å². The number of hydrogen-bond acceptors (Lipinski definition) is 10. The Kier molecular flexibility index (Phi) is 5.54. The first-order valence-corrected chi connectivity index (χ1v) is 9.44. The van der Waals surface area contributed by atoms with Crippen LogP contribution in [-0.4, -0.2) is 76.0 Å². The fourth-order valence-corrected chi connectivity index (χ4v) is 3.55. The molecule has 1 aromatic carbocycles. The van der Waals surface area contributed by atoms with E-state index in [9.17, 15) is 25.5 Å². The van der Waals surface area contributed by atoms with Gasteiger partial charge in [-0.15, -0.1) is 0 Å². The van der Waals surface area contributed by atoms with Gasteiger partial charge in [-0.3, -0.25) is 4.57 Å². The number of ether oxygens (including phenoxy) is 1. The summed E-state index contributed by atoms with van der Waals surface area (Å²) >= 11 is 0. The highest BCUT2D eigenvalue weighted by molar-refractivity contribution is 5.82. The largest absolute Gasteiger partial charge is 0.508 e. The van der Waals surface area contributed by atoms with Gasteiger partial charge in [0.15, 0.2) is 23.2 Å². The number of rotatable bonds is 6. The average molecular weight is 417 g/mol. The van der Waals surface area contributed by atoms with Gasteiger partial charge in [0.05, 0.1) is 25.1 Å². The summed E-state index contributed by atoms with van der Waals surface area (Å²) in [6.07, 6.45) is -2.62. The second kappa shape index (κ2) is 8.13. The Balaban J connectivity index is 1.59. The van der Waals surface area contributed by atoms with Crippen LogP contribution < -0.4 is 5.32 Å². The standard InChI is InChI=1S/C19H23N5O6/c1-9(14(27)10-3-2-4-11(26)5-10)23-17-13-18(21-7-20-17)24(8-22-13)19-16(29)15(28)12(6-25)30-19/h2-5,7-9,12,14-16,19,25-29H,6H2,1H3,(H,20,21,23)/t9-,12+,14-,15?,16?,19+/m0/s1. The van der Waals surface area contributed by atoms with E-state index in [-0.39, 0.29) is 5.75 Å². The van der Waals surface area contributed by atoms with Crippen molar-refractivity contribution >= 4 is 17.0 Å². The van der Waals surface area contributed by atoms with E-state index < -0.39 is 43.3 Å². The number of aromatic hydroxyl groups is 1. The summed E-state index contributed by atoms with van der Waals surface area (Å²) in [5.74, 6) is 0.414. The quantitative estimate of drug-likeness (QED) is 0.313. The van der Waals surface area contributed by atoms with Gasteiger partial charge in [0.25, 0.3) is 0 Å². The first-order chi connectivity index (χ1) is 14.4. The van der Waals surface area contributed by atoms with Crippen LogP contribution in [0.5, 0.6) is 5.75 Å². The Morgan fingerprint density at radius 3 is 2.70 bits per heavy atom. The van der Waals surface area contributed by atoms with Crippen molar-refractivity contribution in [2.24, 2.45) is 0 Å². The molecule has 0 amide bonds. The maximum Gasteiger partial charge on any atom is 0.167 e. The second-order valence-corrected chi connectivity index (χ2v) is 7.25. The molecule has 160 valence electrons. The molecule has 11 heteroatoms. The van der Waals surface area contributed by atoms with Crippen LogP contribution in [-0.2, 0) is 4.74 Å². The predicted octanol–water partition coefficient (Wildman–Crippen LogP) is -0.323. The third-order valence-corrected chi connectivity index (χ3v) is 5.20. The van der Waals surface area contributed by atoms with Crippen LogP contribution in [0.1, 0.15) is 24.8 Å². The SMILES string of the molecule is C[C@H](Nc1ncnc2c1ncn2[C@@H]1O[C@H](CO)C(O)C1O)[C@H](O)c1cccc(O)c1. The molecule has 2 unspecified atom stereocenters. The molecule has 6 atom stereocenters. The maximum atomic E-state index is 10.6. The van der Waals surface area contributed by atoms with Crippen molar-refractivity contribution in [3.63, 3.8) is 0 Å². The summed E-state index contributed by atoms with van der Waals surface area (Å²) < 4.78 is 7.00. The molecule has 2 aromatic heterocycles. The minimum absolute atomic E-state index is 0.0559. The molecule has 6 N–H and O–H groups in total. The minimum atomic E-state index is -1.27. The van der Waals surface area contributed by atoms with Crippen molar-refractivity contribution in [1.82, 2.24) is 19.5 Å². The normalized spacial score (nSPS) is 26.0. The topological polar surface area (TPSA) is 166 Å². The van der Waals surface area contributed by atoms with Crippen molar-refractivity contribution in [1.29, 1.82) is 0 Å². The Labute approximate surface area is 171 Å². The maximum absolute atomic E-state index is 10.6. The Morgan fingerprint density at radius 1 is 1.20 bits per heavy atom. The van der Waals surface area contributed by atoms with Gasteiger partial charge in [-0.1, -0.05) is 12.1 Å². The Bertz CT molecular complexity index is 1030. The fourth-order valence-electron chi connectivity index (χ4n) is 3.55. The lowest BCUT2D eigenvalue weighted by atomic mass is 10.0. The number of imidazole rings is 1. The lowest BCUT2D eigenvalue weighted by Crippen LogP contribution is -2.33. The van der Waals surface area contributed by atoms with Gasteiger partial charge in [-0.25, -0.2) is 15.0 Å². The Morgan fingerprint density at radius 2 is 2.00 bits per heavy atom. The number of aromatic nitrogens is 4. The third-order valence-electron chi connectivity index (χ3n) is 5.20. The number of anilines is 1. The van der Waals surface area contributed by atoms with E-state index in [2.05, 4.69) is 20.3 Å². The highest BCUT2D eigenvalue weighted by Crippen LogP contribution is 2.32. The predicted molar refractivity (Wildman–Crippen MR) is 104 cm³/mol. The van der Waals surface area contributed by atoms with Crippen LogP contribution >= 0.6 is 0 Å². The highest BCUT2D eigenvalue weighted by atomic mass is 16.6. The van der Waals surface area contributed by atoms with Crippen LogP contribution in [0.4, 0.5) is 5.82 Å². The molecular weight excluding hydrogens is 394 g/mol. The van der Waals surface area contributed by atoms with E-state index in [4.69, 9.17) is 4.74 Å². The van der Waals surface area contributed by atoms with E-state index in [1.165, 1.54) is 29.4 Å². The van der Waals surface area contributed by atoms with E-state index in [1.54, 1.807) is 19.1 Å². The molecule has 3 heterocycles. The number of aliphatic hydroxyl groups excluding tert-OH is 4. The fraction of sp³-hybridized carbons (Fsp3) is 0.421. The minimum Gasteiger partial charge on any atom is -0.508 e. The average Bonchev–Trinajstić information content (AvgIpc) is 3.29. The third kappa shape index (κ3) is 3.57. The smallest absolute Gasteiger partial charge is 0.167 e. The number of benzene rings is 1. The van der Waals surface area contributed by atoms with Gasteiger partial charge in [0.2, 0.25) is 0 Å². The summed E-state index contributed by atoms with van der Waals surface area (Å²) in [7, 11) is 0. The number of fused-ring (bicyclic) bond motifs is 1. The lowest BCUT2D eigenvalue weighted by Gasteiger charge is -2.21. The molecule has 1 aliphatic rings. The molecule has 3 aromatic rings. The van der Waals surface area contributed by atoms with Crippen molar-refractivity contribution in [3.8, 4) is 5.75 Å². The second-order valence-electron chi connectivity index (χ2n) is 7.25. The van der Waals surface area contributed by atoms with Crippen molar-refractivity contribution in [2.75, 3.05) is 11.9 Å². The van der Waals surface area contributed by atoms with Crippen molar-refractivity contribution < 1.29 is 30.3 Å². The van der Waals surface area contributed by atoms with Crippen LogP contribution in [0.3, 0.4) is 0 Å². The van der Waals surface area contributed by atoms with Crippen molar-refractivity contribution in [2.45, 2.75) is 43.6 Å². The summed E-state index contributed by atoms with van der Waals surface area (Å²) in [4.78, 5) is 12.7. The van der Waals surface area contributed by atoms with Gasteiger partial charge in [-0.2, -0.15) is 0 Å². The summed E-state index contributed by atoms with van der Waals surface area (Å²) in [5, 5.41) is 52.9. The van der Waals surface area contributed by atoms with Gasteiger partial charge in [-0.05, 0) is 24.6 Å². The highest BCUT2D eigenvalue weighted by Gasteiger charge is 2.44. The summed E-state index contributed by atoms with van der Waals surface area (Å²) in [6, 6.07) is 5.87. The van der Waals surface area contributed by atoms with E-state index in [0.717, 1.165) is 0 Å². The lowest BCUT2D eigenvalue weighted by molar-refractivity contribution is -0.0511. The van der Waals surface area contributed by atoms with Crippen LogP contribution in [0.25, 0.3) is 11.2 Å². The van der Waals surface area contributed by atoms with Gasteiger partial charge < -0.3 is 35.6 Å². The molecule has 30 heavy (non-hydrogen) atoms. The number of nitrogens with one attached hydrogen (secondary N) is 1. The first-order valence-electron chi connectivity index (χ1n) is 9.44. The van der Waals surface area contributed by atoms with Crippen LogP contribution in [0.15, 0.2) is 36.9 Å². The Hall–Kier alpha value is -2.83. The molecular formula is C19H23N5O6. The molecule has 0 aliphatic carbocycles. The molecule has 0 saturated carbocycles. The number of phenolic OH excluding ortho intramolecular Hbond substituents is 1. The van der Waals surface area contributed by atoms with Gasteiger partial charge in [0, 0.05) is 0 Å². The van der Waals surface area contributed by atoms with E-state index in [1.807, 2.05) is 0 Å². The monoisotopic (exact) mass is 417 g/mol. The van der Waals surface area contributed by atoms with Gasteiger partial charge >= 0.3 is 0 Å². The molecule has 1 saturated heterocycles. The number of hydrogen-bond donors (Lipinski definition) is 6. The zero-order chi connectivity index (χ0) is 21.4. The zero-order valence-corrected chi connectivity index (χ0v) is 16.1. The molecule has 1 fully saturated rings. The molecule has 1 aliphatic heterocycles. The number of phenols is 1.